The molecule has 0 fully saturated rings. The van der Waals surface area contributed by atoms with Crippen molar-refractivity contribution in [3.8, 4) is 0 Å². The molecule has 0 radical (unpaired) electrons. The molecule has 1 aromatic rings. The number of nitrogens with two attached hydrogens (primary N) is 1. The molecule has 4 nitrogen and oxygen atoms in total. The van der Waals surface area contributed by atoms with E-state index < -0.39 is 12.7 Å². The maximum absolute atomic E-state index is 12.2. The van der Waals surface area contributed by atoms with Crippen LogP contribution in [0.2, 0.25) is 0 Å². The molecule has 90 valence electrons. The summed E-state index contributed by atoms with van der Waals surface area (Å²) in [7, 11) is 0. The zero-order chi connectivity index (χ0) is 12.2. The van der Waals surface area contributed by atoms with E-state index in [4.69, 9.17) is 10.8 Å². The molecule has 0 saturated heterocycles. The van der Waals surface area contributed by atoms with Gasteiger partial charge in [0.25, 0.3) is 0 Å². The van der Waals surface area contributed by atoms with Crippen LogP contribution < -0.4 is 10.6 Å². The van der Waals surface area contributed by atoms with E-state index in [-0.39, 0.29) is 19.0 Å². The minimum absolute atomic E-state index is 0.103. The molecule has 0 saturated carbocycles. The Kier molecular flexibility index (Phi) is 3.94. The van der Waals surface area contributed by atoms with E-state index in [1.165, 1.54) is 18.3 Å². The molecule has 1 rings (SSSR count). The van der Waals surface area contributed by atoms with E-state index in [1.807, 2.05) is 0 Å². The largest absolute Gasteiger partial charge is 0.405 e. The van der Waals surface area contributed by atoms with Crippen LogP contribution in [-0.4, -0.2) is 36.0 Å². The van der Waals surface area contributed by atoms with Crippen LogP contribution in [0.25, 0.3) is 0 Å². The summed E-state index contributed by atoms with van der Waals surface area (Å²) >= 11 is 0. The summed E-state index contributed by atoms with van der Waals surface area (Å²) in [6, 6.07) is 2.82. The number of nitrogen functional groups attached to an aromatic ring is 1. The quantitative estimate of drug-likeness (QED) is 0.818. The third kappa shape index (κ3) is 3.93. The maximum atomic E-state index is 12.2. The highest BCUT2D eigenvalue weighted by Crippen LogP contribution is 2.21. The molecule has 0 aliphatic carbocycles. The van der Waals surface area contributed by atoms with E-state index in [9.17, 15) is 13.2 Å². The van der Waals surface area contributed by atoms with Crippen LogP contribution >= 0.6 is 0 Å². The highest BCUT2D eigenvalue weighted by atomic mass is 19.4. The lowest BCUT2D eigenvalue weighted by Crippen LogP contribution is -2.36. The number of nitrogens with zero attached hydrogens (tertiary/aromatic N) is 2. The first-order chi connectivity index (χ1) is 7.42. The van der Waals surface area contributed by atoms with Crippen molar-refractivity contribution in [3.05, 3.63) is 18.3 Å². The van der Waals surface area contributed by atoms with Gasteiger partial charge in [-0.2, -0.15) is 13.2 Å². The maximum Gasteiger partial charge on any atom is 0.405 e. The first-order valence-electron chi connectivity index (χ1n) is 4.56. The number of halogens is 3. The van der Waals surface area contributed by atoms with Gasteiger partial charge in [0.2, 0.25) is 0 Å². The second-order valence-corrected chi connectivity index (χ2v) is 3.21. The minimum atomic E-state index is -4.35. The fourth-order valence-electron chi connectivity index (χ4n) is 1.22. The lowest BCUT2D eigenvalue weighted by Gasteiger charge is -2.24. The smallest absolute Gasteiger partial charge is 0.399 e. The van der Waals surface area contributed by atoms with Gasteiger partial charge in [0.1, 0.15) is 12.4 Å². The number of aromatic nitrogens is 1. The second-order valence-electron chi connectivity index (χ2n) is 3.21. The highest BCUT2D eigenvalue weighted by molar-refractivity contribution is 5.50. The molecule has 1 heterocycles. The summed E-state index contributed by atoms with van der Waals surface area (Å²) in [5.74, 6) is 0.103. The van der Waals surface area contributed by atoms with Crippen molar-refractivity contribution in [3.63, 3.8) is 0 Å². The van der Waals surface area contributed by atoms with Crippen LogP contribution in [0.3, 0.4) is 0 Å². The van der Waals surface area contributed by atoms with Gasteiger partial charge >= 0.3 is 6.18 Å². The van der Waals surface area contributed by atoms with Crippen molar-refractivity contribution >= 4 is 11.5 Å². The van der Waals surface area contributed by atoms with Crippen LogP contribution in [-0.2, 0) is 0 Å². The molecule has 0 atom stereocenters. The number of anilines is 2. The molecule has 0 spiro atoms. The van der Waals surface area contributed by atoms with Crippen LogP contribution in [0, 0.1) is 0 Å². The fourth-order valence-corrected chi connectivity index (χ4v) is 1.22. The number of aliphatic hydroxyl groups excluding tert-OH is 1. The lowest BCUT2D eigenvalue weighted by atomic mass is 10.3. The van der Waals surface area contributed by atoms with E-state index in [0.717, 1.165) is 4.90 Å². The Balaban J connectivity index is 2.85. The summed E-state index contributed by atoms with van der Waals surface area (Å²) in [6.45, 7) is -1.69. The van der Waals surface area contributed by atoms with E-state index >= 15 is 0 Å². The van der Waals surface area contributed by atoms with Gasteiger partial charge in [-0.15, -0.1) is 0 Å². The predicted molar refractivity (Wildman–Crippen MR) is 54.0 cm³/mol. The molecule has 16 heavy (non-hydrogen) atoms. The standard InChI is InChI=1S/C9H12F3N3O/c10-9(11,12)6-15(3-4-16)8-5-7(13)1-2-14-8/h1-2,5,16H,3-4,6H2,(H2,13,14). The summed E-state index contributed by atoms with van der Waals surface area (Å²) < 4.78 is 36.7. The third-order valence-corrected chi connectivity index (χ3v) is 1.83. The van der Waals surface area contributed by atoms with Crippen LogP contribution in [0.4, 0.5) is 24.7 Å². The van der Waals surface area contributed by atoms with Crippen molar-refractivity contribution in [2.24, 2.45) is 0 Å². The molecule has 0 aliphatic rings. The van der Waals surface area contributed by atoms with Crippen molar-refractivity contribution < 1.29 is 18.3 Å². The summed E-state index contributed by atoms with van der Waals surface area (Å²) in [5, 5.41) is 8.70. The topological polar surface area (TPSA) is 62.4 Å². The number of alkyl halides is 3. The van der Waals surface area contributed by atoms with Gasteiger partial charge in [-0.1, -0.05) is 0 Å². The third-order valence-electron chi connectivity index (χ3n) is 1.83. The minimum Gasteiger partial charge on any atom is -0.399 e. The first kappa shape index (κ1) is 12.6. The molecular weight excluding hydrogens is 223 g/mol. The Morgan fingerprint density at radius 3 is 2.62 bits per heavy atom. The van der Waals surface area contributed by atoms with Gasteiger partial charge in [-0.3, -0.25) is 0 Å². The zero-order valence-corrected chi connectivity index (χ0v) is 8.41. The lowest BCUT2D eigenvalue weighted by molar-refractivity contribution is -0.119. The predicted octanol–water partition coefficient (Wildman–Crippen LogP) is 1.02. The van der Waals surface area contributed by atoms with Gasteiger partial charge in [0, 0.05) is 24.5 Å². The Morgan fingerprint density at radius 1 is 1.44 bits per heavy atom. The van der Waals surface area contributed by atoms with Crippen molar-refractivity contribution in [1.29, 1.82) is 0 Å². The van der Waals surface area contributed by atoms with Gasteiger partial charge in [-0.25, -0.2) is 4.98 Å². The Bertz CT molecular complexity index is 343. The fraction of sp³-hybridized carbons (Fsp3) is 0.444. The molecule has 0 amide bonds. The molecule has 1 aromatic heterocycles. The molecule has 0 aliphatic heterocycles. The summed E-state index contributed by atoms with van der Waals surface area (Å²) in [4.78, 5) is 4.70. The average molecular weight is 235 g/mol. The second kappa shape index (κ2) is 5.02. The van der Waals surface area contributed by atoms with Gasteiger partial charge in [0.15, 0.2) is 0 Å². The summed E-state index contributed by atoms with van der Waals surface area (Å²) in [6.07, 6.45) is -3.02. The molecule has 0 unspecified atom stereocenters. The van der Waals surface area contributed by atoms with E-state index in [2.05, 4.69) is 4.98 Å². The van der Waals surface area contributed by atoms with Crippen molar-refractivity contribution in [2.45, 2.75) is 6.18 Å². The van der Waals surface area contributed by atoms with Crippen LogP contribution in [0.5, 0.6) is 0 Å². The molecular formula is C9H12F3N3O. The number of rotatable bonds is 4. The van der Waals surface area contributed by atoms with Gasteiger partial charge in [0.05, 0.1) is 6.61 Å². The van der Waals surface area contributed by atoms with E-state index in [1.54, 1.807) is 0 Å². The number of pyridine rings is 1. The summed E-state index contributed by atoms with van der Waals surface area (Å²) in [5.41, 5.74) is 5.77. The van der Waals surface area contributed by atoms with Gasteiger partial charge in [-0.05, 0) is 6.07 Å². The van der Waals surface area contributed by atoms with Crippen LogP contribution in [0.1, 0.15) is 0 Å². The first-order valence-corrected chi connectivity index (χ1v) is 4.56. The highest BCUT2D eigenvalue weighted by Gasteiger charge is 2.31. The number of aliphatic hydroxyl groups is 1. The molecule has 0 aromatic carbocycles. The normalized spacial score (nSPS) is 11.5. The van der Waals surface area contributed by atoms with Crippen molar-refractivity contribution in [2.75, 3.05) is 30.3 Å². The SMILES string of the molecule is Nc1ccnc(N(CCO)CC(F)(F)F)c1. The average Bonchev–Trinajstić information content (AvgIpc) is 2.15. The van der Waals surface area contributed by atoms with Crippen molar-refractivity contribution in [1.82, 2.24) is 4.98 Å². The Hall–Kier alpha value is -1.50. The molecule has 0 bridgehead atoms. The zero-order valence-electron chi connectivity index (χ0n) is 8.41. The monoisotopic (exact) mass is 235 g/mol. The Labute approximate surface area is 90.5 Å². The van der Waals surface area contributed by atoms with Gasteiger partial charge < -0.3 is 15.7 Å². The molecule has 3 N–H and O–H groups in total. The number of hydrogen-bond acceptors (Lipinski definition) is 4. The number of hydrogen-bond donors (Lipinski definition) is 2. The molecule has 7 heteroatoms. The van der Waals surface area contributed by atoms with E-state index in [0.29, 0.717) is 5.69 Å². The van der Waals surface area contributed by atoms with Crippen LogP contribution in [0.15, 0.2) is 18.3 Å². The Morgan fingerprint density at radius 2 is 2.12 bits per heavy atom.